The first-order valence-corrected chi connectivity index (χ1v) is 7.77. The van der Waals surface area contributed by atoms with Gasteiger partial charge in [-0.15, -0.1) is 0 Å². The van der Waals surface area contributed by atoms with Gasteiger partial charge in [0, 0.05) is 36.4 Å². The van der Waals surface area contributed by atoms with Crippen LogP contribution in [0.4, 0.5) is 5.69 Å². The molecule has 2 atom stereocenters. The Balaban J connectivity index is 1.76. The summed E-state index contributed by atoms with van der Waals surface area (Å²) in [6.07, 6.45) is 4.01. The summed E-state index contributed by atoms with van der Waals surface area (Å²) in [5.74, 6) is 0.159. The van der Waals surface area contributed by atoms with Gasteiger partial charge in [0.15, 0.2) is 5.84 Å². The molecule has 0 aliphatic carbocycles. The van der Waals surface area contributed by atoms with Crippen molar-refractivity contribution in [2.45, 2.75) is 38.3 Å². The smallest absolute Gasteiger partial charge is 0.170 e. The number of piperidine rings is 1. The first kappa shape index (κ1) is 14.2. The van der Waals surface area contributed by atoms with Crippen LogP contribution in [0.25, 0.3) is 0 Å². The van der Waals surface area contributed by atoms with Crippen molar-refractivity contribution in [3.05, 3.63) is 29.8 Å². The van der Waals surface area contributed by atoms with Gasteiger partial charge in [-0.1, -0.05) is 11.6 Å². The Hall–Kier alpha value is -1.75. The van der Waals surface area contributed by atoms with Crippen molar-refractivity contribution in [3.63, 3.8) is 0 Å². The van der Waals surface area contributed by atoms with Gasteiger partial charge in [0.1, 0.15) is 0 Å². The standard InChI is InChI=1S/C16H24N4O/c1-12-10-19-9-3-2-4-15(19)11-20(12)14-7-5-13(6-8-14)16(17)18-21/h5-8,12,15,21H,2-4,9-11H2,1H3,(H2,17,18). The third kappa shape index (κ3) is 2.83. The zero-order valence-corrected chi connectivity index (χ0v) is 12.6. The number of oxime groups is 1. The van der Waals surface area contributed by atoms with E-state index in [1.807, 2.05) is 12.1 Å². The number of anilines is 1. The van der Waals surface area contributed by atoms with E-state index in [9.17, 15) is 0 Å². The van der Waals surface area contributed by atoms with Crippen LogP contribution in [-0.2, 0) is 0 Å². The van der Waals surface area contributed by atoms with Gasteiger partial charge in [-0.3, -0.25) is 4.90 Å². The van der Waals surface area contributed by atoms with Crippen molar-refractivity contribution >= 4 is 11.5 Å². The van der Waals surface area contributed by atoms with Gasteiger partial charge in [0.25, 0.3) is 0 Å². The maximum atomic E-state index is 8.72. The molecule has 2 unspecified atom stereocenters. The summed E-state index contributed by atoms with van der Waals surface area (Å²) in [4.78, 5) is 5.14. The predicted molar refractivity (Wildman–Crippen MR) is 85.0 cm³/mol. The maximum absolute atomic E-state index is 8.72. The molecular formula is C16H24N4O. The van der Waals surface area contributed by atoms with Crippen LogP contribution < -0.4 is 10.6 Å². The lowest BCUT2D eigenvalue weighted by Crippen LogP contribution is -2.58. The van der Waals surface area contributed by atoms with Gasteiger partial charge in [-0.25, -0.2) is 0 Å². The predicted octanol–water partition coefficient (Wildman–Crippen LogP) is 1.84. The Bertz CT molecular complexity index is 514. The number of hydrogen-bond acceptors (Lipinski definition) is 4. The molecule has 0 aromatic heterocycles. The number of benzene rings is 1. The van der Waals surface area contributed by atoms with Gasteiger partial charge < -0.3 is 15.8 Å². The molecule has 2 heterocycles. The van der Waals surface area contributed by atoms with Crippen molar-refractivity contribution in [1.29, 1.82) is 0 Å². The molecule has 2 aliphatic rings. The van der Waals surface area contributed by atoms with E-state index in [2.05, 4.69) is 34.0 Å². The zero-order valence-electron chi connectivity index (χ0n) is 12.6. The molecule has 2 fully saturated rings. The van der Waals surface area contributed by atoms with Crippen LogP contribution in [0.1, 0.15) is 31.7 Å². The zero-order chi connectivity index (χ0) is 14.8. The molecule has 2 saturated heterocycles. The van der Waals surface area contributed by atoms with E-state index >= 15 is 0 Å². The number of rotatable bonds is 2. The van der Waals surface area contributed by atoms with E-state index in [4.69, 9.17) is 10.9 Å². The van der Waals surface area contributed by atoms with Crippen LogP contribution in [0.2, 0.25) is 0 Å². The van der Waals surface area contributed by atoms with E-state index in [-0.39, 0.29) is 5.84 Å². The van der Waals surface area contributed by atoms with Crippen LogP contribution in [0, 0.1) is 0 Å². The molecule has 21 heavy (non-hydrogen) atoms. The van der Waals surface area contributed by atoms with E-state index in [1.54, 1.807) is 0 Å². The minimum absolute atomic E-state index is 0.159. The summed E-state index contributed by atoms with van der Waals surface area (Å²) in [6.45, 7) is 5.80. The summed E-state index contributed by atoms with van der Waals surface area (Å²) in [6, 6.07) is 9.20. The largest absolute Gasteiger partial charge is 0.409 e. The van der Waals surface area contributed by atoms with Gasteiger partial charge in [0.05, 0.1) is 0 Å². The lowest BCUT2D eigenvalue weighted by Gasteiger charge is -2.48. The molecular weight excluding hydrogens is 264 g/mol. The molecule has 1 aromatic rings. The van der Waals surface area contributed by atoms with E-state index in [1.165, 1.54) is 31.5 Å². The van der Waals surface area contributed by atoms with Crippen LogP contribution in [0.3, 0.4) is 0 Å². The van der Waals surface area contributed by atoms with Crippen molar-refractivity contribution in [3.8, 4) is 0 Å². The van der Waals surface area contributed by atoms with Crippen LogP contribution >= 0.6 is 0 Å². The Morgan fingerprint density at radius 1 is 1.24 bits per heavy atom. The molecule has 114 valence electrons. The second kappa shape index (κ2) is 5.93. The molecule has 5 nitrogen and oxygen atoms in total. The number of nitrogens with zero attached hydrogens (tertiary/aromatic N) is 3. The Morgan fingerprint density at radius 2 is 2.00 bits per heavy atom. The highest BCUT2D eigenvalue weighted by atomic mass is 16.4. The number of hydrogen-bond donors (Lipinski definition) is 2. The lowest BCUT2D eigenvalue weighted by atomic mass is 9.96. The molecule has 5 heteroatoms. The van der Waals surface area contributed by atoms with Crippen LogP contribution in [-0.4, -0.2) is 47.7 Å². The van der Waals surface area contributed by atoms with Crippen molar-refractivity contribution in [2.24, 2.45) is 10.9 Å². The average Bonchev–Trinajstić information content (AvgIpc) is 2.53. The molecule has 2 aliphatic heterocycles. The summed E-state index contributed by atoms with van der Waals surface area (Å²) in [5, 5.41) is 11.8. The Kier molecular flexibility index (Phi) is 4.01. The fourth-order valence-electron chi connectivity index (χ4n) is 3.59. The molecule has 0 spiro atoms. The first-order valence-electron chi connectivity index (χ1n) is 7.77. The monoisotopic (exact) mass is 288 g/mol. The normalized spacial score (nSPS) is 27.5. The minimum atomic E-state index is 0.159. The molecule has 3 N–H and O–H groups in total. The van der Waals surface area contributed by atoms with Gasteiger partial charge in [0.2, 0.25) is 0 Å². The summed E-state index contributed by atoms with van der Waals surface area (Å²) in [5.41, 5.74) is 7.60. The second-order valence-electron chi connectivity index (χ2n) is 6.18. The number of amidine groups is 1. The van der Waals surface area contributed by atoms with Gasteiger partial charge in [-0.2, -0.15) is 0 Å². The van der Waals surface area contributed by atoms with Crippen molar-refractivity contribution in [2.75, 3.05) is 24.5 Å². The lowest BCUT2D eigenvalue weighted by molar-refractivity contribution is 0.115. The fraction of sp³-hybridized carbons (Fsp3) is 0.562. The number of fused-ring (bicyclic) bond motifs is 1. The van der Waals surface area contributed by atoms with E-state index < -0.39 is 0 Å². The molecule has 0 radical (unpaired) electrons. The van der Waals surface area contributed by atoms with Gasteiger partial charge in [-0.05, 0) is 50.6 Å². The summed E-state index contributed by atoms with van der Waals surface area (Å²) < 4.78 is 0. The topological polar surface area (TPSA) is 65.1 Å². The van der Waals surface area contributed by atoms with E-state index in [0.717, 1.165) is 18.7 Å². The minimum Gasteiger partial charge on any atom is -0.409 e. The van der Waals surface area contributed by atoms with Crippen molar-refractivity contribution in [1.82, 2.24) is 4.90 Å². The third-order valence-corrected chi connectivity index (χ3v) is 4.79. The average molecular weight is 288 g/mol. The highest BCUT2D eigenvalue weighted by Gasteiger charge is 2.32. The van der Waals surface area contributed by atoms with E-state index in [0.29, 0.717) is 12.1 Å². The second-order valence-corrected chi connectivity index (χ2v) is 6.18. The SMILES string of the molecule is CC1CN2CCCCC2CN1c1ccc(/C(N)=N/O)cc1. The summed E-state index contributed by atoms with van der Waals surface area (Å²) in [7, 11) is 0. The summed E-state index contributed by atoms with van der Waals surface area (Å²) >= 11 is 0. The Morgan fingerprint density at radius 3 is 2.71 bits per heavy atom. The molecule has 1 aromatic carbocycles. The quantitative estimate of drug-likeness (QED) is 0.377. The van der Waals surface area contributed by atoms with Crippen molar-refractivity contribution < 1.29 is 5.21 Å². The highest BCUT2D eigenvalue weighted by Crippen LogP contribution is 2.28. The molecule has 0 saturated carbocycles. The molecule has 0 bridgehead atoms. The Labute approximate surface area is 126 Å². The third-order valence-electron chi connectivity index (χ3n) is 4.79. The first-order chi connectivity index (χ1) is 10.2. The number of nitrogens with two attached hydrogens (primary N) is 1. The molecule has 0 amide bonds. The maximum Gasteiger partial charge on any atom is 0.170 e. The van der Waals surface area contributed by atoms with Gasteiger partial charge >= 0.3 is 0 Å². The number of piperazine rings is 1. The fourth-order valence-corrected chi connectivity index (χ4v) is 3.59. The molecule has 3 rings (SSSR count). The van der Waals surface area contributed by atoms with Crippen LogP contribution in [0.15, 0.2) is 29.4 Å². The van der Waals surface area contributed by atoms with Crippen LogP contribution in [0.5, 0.6) is 0 Å². The highest BCUT2D eigenvalue weighted by molar-refractivity contribution is 5.97.